The van der Waals surface area contributed by atoms with E-state index in [9.17, 15) is 43.2 Å². The van der Waals surface area contributed by atoms with Crippen molar-refractivity contribution in [1.29, 1.82) is 0 Å². The molecule has 3 N–H and O–H groups in total. The average molecular weight is 1280 g/mol. The number of hydrogen-bond donors (Lipinski definition) is 3. The number of aliphatic hydroxyl groups is 1. The maximum Gasteiger partial charge on any atom is 0.472 e. The molecule has 87 heavy (non-hydrogen) atoms. The largest absolute Gasteiger partial charge is 0.472 e. The van der Waals surface area contributed by atoms with Crippen molar-refractivity contribution in [1.82, 2.24) is 0 Å². The summed E-state index contributed by atoms with van der Waals surface area (Å²) in [4.78, 5) is 72.4. The Morgan fingerprint density at radius 2 is 0.483 bits per heavy atom. The van der Waals surface area contributed by atoms with Crippen molar-refractivity contribution in [2.45, 2.75) is 350 Å². The van der Waals surface area contributed by atoms with Crippen LogP contribution < -0.4 is 0 Å². The predicted molar refractivity (Wildman–Crippen MR) is 349 cm³/mol. The summed E-state index contributed by atoms with van der Waals surface area (Å²) in [5.74, 6) is 0.804. The maximum absolute atomic E-state index is 13.0. The number of unbranched alkanes of at least 4 members (excludes halogenated alkanes) is 31. The Labute approximate surface area is 530 Å². The van der Waals surface area contributed by atoms with Crippen LogP contribution in [0.5, 0.6) is 0 Å². The molecule has 516 valence electrons. The van der Waals surface area contributed by atoms with Crippen molar-refractivity contribution >= 4 is 39.5 Å². The van der Waals surface area contributed by atoms with E-state index in [0.717, 1.165) is 114 Å². The second kappa shape index (κ2) is 57.9. The Morgan fingerprint density at radius 3 is 0.713 bits per heavy atom. The van der Waals surface area contributed by atoms with Crippen LogP contribution in [0.4, 0.5) is 0 Å². The molecule has 0 rings (SSSR count). The van der Waals surface area contributed by atoms with Gasteiger partial charge in [0, 0.05) is 25.7 Å². The molecule has 0 fully saturated rings. The Balaban J connectivity index is 5.26. The number of carbonyl (C=O) groups is 4. The lowest BCUT2D eigenvalue weighted by atomic mass is 10.0. The van der Waals surface area contributed by atoms with Gasteiger partial charge in [-0.15, -0.1) is 0 Å². The van der Waals surface area contributed by atoms with Gasteiger partial charge in [-0.1, -0.05) is 280 Å². The molecule has 0 aromatic rings. The number of phosphoric ester groups is 2. The fraction of sp³-hybridized carbons (Fsp3) is 0.941. The summed E-state index contributed by atoms with van der Waals surface area (Å²) in [5, 5.41) is 10.6. The number of ether oxygens (including phenoxy) is 4. The third-order valence-electron chi connectivity index (χ3n) is 15.6. The van der Waals surface area contributed by atoms with Gasteiger partial charge in [-0.2, -0.15) is 0 Å². The zero-order valence-electron chi connectivity index (χ0n) is 56.6. The first-order chi connectivity index (χ1) is 41.6. The third-order valence-corrected chi connectivity index (χ3v) is 17.5. The molecule has 0 aromatic heterocycles. The molecule has 0 aliphatic heterocycles. The van der Waals surface area contributed by atoms with E-state index in [0.29, 0.717) is 31.6 Å². The highest BCUT2D eigenvalue weighted by atomic mass is 31.2. The molecule has 0 radical (unpaired) electrons. The molecule has 0 aliphatic carbocycles. The zero-order valence-corrected chi connectivity index (χ0v) is 58.4. The van der Waals surface area contributed by atoms with Gasteiger partial charge >= 0.3 is 39.5 Å². The summed E-state index contributed by atoms with van der Waals surface area (Å²) in [6, 6.07) is 0. The quantitative estimate of drug-likeness (QED) is 0.0222. The monoisotopic (exact) mass is 1280 g/mol. The van der Waals surface area contributed by atoms with Gasteiger partial charge in [0.05, 0.1) is 26.4 Å². The van der Waals surface area contributed by atoms with Gasteiger partial charge in [-0.05, 0) is 49.4 Å². The molecule has 17 nitrogen and oxygen atoms in total. The normalized spacial score (nSPS) is 14.3. The smallest absolute Gasteiger partial charge is 0.462 e. The SMILES string of the molecule is CC(C)CCCCCCCCCCCCC(=O)O[C@H](COC(=O)CCCCCCCCCC(C)C)COP(=O)(O)OCC(O)COP(=O)(O)OC[C@@H](COC(=O)CCCCCCCCCCCC(C)C)OC(=O)CCCCCCCCCCCC(C)C. The molecule has 19 heteroatoms. The van der Waals surface area contributed by atoms with E-state index < -0.39 is 97.5 Å². The number of hydrogen-bond acceptors (Lipinski definition) is 15. The van der Waals surface area contributed by atoms with Crippen LogP contribution in [0.15, 0.2) is 0 Å². The summed E-state index contributed by atoms with van der Waals surface area (Å²) in [7, 11) is -9.90. The molecule has 0 bridgehead atoms. The van der Waals surface area contributed by atoms with Gasteiger partial charge in [0.1, 0.15) is 19.3 Å². The van der Waals surface area contributed by atoms with Crippen LogP contribution in [0.3, 0.4) is 0 Å². The maximum atomic E-state index is 13.0. The van der Waals surface area contributed by atoms with E-state index in [-0.39, 0.29) is 25.7 Å². The van der Waals surface area contributed by atoms with Crippen molar-refractivity contribution in [3.05, 3.63) is 0 Å². The molecule has 0 amide bonds. The van der Waals surface area contributed by atoms with E-state index in [4.69, 9.17) is 37.0 Å². The van der Waals surface area contributed by atoms with Crippen LogP contribution in [-0.4, -0.2) is 96.7 Å². The molecule has 0 saturated carbocycles. The van der Waals surface area contributed by atoms with E-state index in [1.54, 1.807) is 0 Å². The summed E-state index contributed by atoms with van der Waals surface area (Å²) in [6.45, 7) is 14.0. The molecular formula is C68H132O17P2. The number of carbonyl (C=O) groups excluding carboxylic acids is 4. The summed E-state index contributed by atoms with van der Waals surface area (Å²) >= 11 is 0. The fourth-order valence-electron chi connectivity index (χ4n) is 10.1. The summed E-state index contributed by atoms with van der Waals surface area (Å²) in [6.07, 6.45) is 39.0. The van der Waals surface area contributed by atoms with E-state index in [2.05, 4.69) is 55.4 Å². The number of phosphoric acid groups is 2. The first-order valence-corrected chi connectivity index (χ1v) is 38.2. The fourth-order valence-corrected chi connectivity index (χ4v) is 11.7. The Morgan fingerprint density at radius 1 is 0.287 bits per heavy atom. The molecule has 3 unspecified atom stereocenters. The summed E-state index contributed by atoms with van der Waals surface area (Å²) < 4.78 is 68.2. The molecule has 0 saturated heterocycles. The van der Waals surface area contributed by atoms with Gasteiger partial charge in [-0.3, -0.25) is 37.3 Å². The molecule has 0 aromatic carbocycles. The van der Waals surface area contributed by atoms with Crippen molar-refractivity contribution < 1.29 is 80.2 Å². The molecule has 5 atom stereocenters. The highest BCUT2D eigenvalue weighted by molar-refractivity contribution is 7.47. The van der Waals surface area contributed by atoms with Crippen molar-refractivity contribution in [3.63, 3.8) is 0 Å². The average Bonchev–Trinajstić information content (AvgIpc) is 3.68. The second-order valence-corrected chi connectivity index (χ2v) is 29.4. The van der Waals surface area contributed by atoms with Crippen LogP contribution in [-0.2, 0) is 65.4 Å². The molecular weight excluding hydrogens is 1150 g/mol. The lowest BCUT2D eigenvalue weighted by molar-refractivity contribution is -0.161. The van der Waals surface area contributed by atoms with E-state index >= 15 is 0 Å². The minimum absolute atomic E-state index is 0.104. The first-order valence-electron chi connectivity index (χ1n) is 35.2. The topological polar surface area (TPSA) is 237 Å². The van der Waals surface area contributed by atoms with Crippen molar-refractivity contribution in [2.75, 3.05) is 39.6 Å². The predicted octanol–water partition coefficient (Wildman–Crippen LogP) is 18.9. The van der Waals surface area contributed by atoms with E-state index in [1.807, 2.05) is 0 Å². The van der Waals surface area contributed by atoms with Gasteiger partial charge in [0.25, 0.3) is 0 Å². The van der Waals surface area contributed by atoms with Gasteiger partial charge in [-0.25, -0.2) is 9.13 Å². The van der Waals surface area contributed by atoms with Crippen LogP contribution in [0, 0.1) is 23.7 Å². The Bertz CT molecular complexity index is 1730. The number of aliphatic hydroxyl groups excluding tert-OH is 1. The number of rotatable bonds is 65. The number of esters is 4. The van der Waals surface area contributed by atoms with Crippen molar-refractivity contribution in [2.24, 2.45) is 23.7 Å². The minimum atomic E-state index is -4.95. The lowest BCUT2D eigenvalue weighted by Gasteiger charge is -2.21. The van der Waals surface area contributed by atoms with Crippen LogP contribution in [0.2, 0.25) is 0 Å². The van der Waals surface area contributed by atoms with Crippen LogP contribution in [0.25, 0.3) is 0 Å². The lowest BCUT2D eigenvalue weighted by Crippen LogP contribution is -2.30. The van der Waals surface area contributed by atoms with Crippen molar-refractivity contribution in [3.8, 4) is 0 Å². The van der Waals surface area contributed by atoms with Gasteiger partial charge in [0.2, 0.25) is 0 Å². The highest BCUT2D eigenvalue weighted by Crippen LogP contribution is 2.45. The van der Waals surface area contributed by atoms with Crippen LogP contribution in [0.1, 0.15) is 331 Å². The minimum Gasteiger partial charge on any atom is -0.462 e. The second-order valence-electron chi connectivity index (χ2n) is 26.5. The Kier molecular flexibility index (Phi) is 56.6. The molecule has 0 aliphatic rings. The standard InChI is InChI=1S/C68H132O17P2/c1-58(2)44-36-28-20-13-9-10-16-25-34-42-50-67(72)84-64(55-79-66(71)49-41-33-27-19-23-31-39-47-61(7)8)57-83-87(76,77)81-53-62(69)52-80-86(74,75)82-56-63(85-68(73)51-43-35-26-18-12-15-22-30-38-46-60(5)6)54-78-65(70)48-40-32-24-17-11-14-21-29-37-45-59(3)4/h58-64,69H,9-57H2,1-8H3,(H,74,75)(H,76,77)/t62?,63-,64-/m1/s1. The third kappa shape index (κ3) is 62.6. The van der Waals surface area contributed by atoms with E-state index in [1.165, 1.54) is 128 Å². The summed E-state index contributed by atoms with van der Waals surface area (Å²) in [5.41, 5.74) is 0. The van der Waals surface area contributed by atoms with Gasteiger partial charge in [0.15, 0.2) is 12.2 Å². The molecule has 0 heterocycles. The zero-order chi connectivity index (χ0) is 64.7. The Hall–Kier alpha value is -1.94. The highest BCUT2D eigenvalue weighted by Gasteiger charge is 2.30. The first kappa shape index (κ1) is 85.1. The van der Waals surface area contributed by atoms with Crippen LogP contribution >= 0.6 is 15.6 Å². The van der Waals surface area contributed by atoms with Gasteiger partial charge < -0.3 is 33.8 Å². The molecule has 0 spiro atoms.